The highest BCUT2D eigenvalue weighted by Gasteiger charge is 2.31. The zero-order valence-electron chi connectivity index (χ0n) is 16.5. The summed E-state index contributed by atoms with van der Waals surface area (Å²) < 4.78 is 7.29. The lowest BCUT2D eigenvalue weighted by atomic mass is 9.92. The number of hydrogen-bond acceptors (Lipinski definition) is 5. The van der Waals surface area contributed by atoms with Gasteiger partial charge in [-0.1, -0.05) is 20.8 Å². The van der Waals surface area contributed by atoms with Crippen LogP contribution in [0.3, 0.4) is 0 Å². The van der Waals surface area contributed by atoms with Gasteiger partial charge in [0.15, 0.2) is 11.5 Å². The van der Waals surface area contributed by atoms with Crippen molar-refractivity contribution in [2.75, 3.05) is 26.3 Å². The minimum atomic E-state index is -0.0186. The van der Waals surface area contributed by atoms with Gasteiger partial charge in [-0.25, -0.2) is 0 Å². The Morgan fingerprint density at radius 3 is 2.44 bits per heavy atom. The van der Waals surface area contributed by atoms with Gasteiger partial charge in [0.1, 0.15) is 0 Å². The van der Waals surface area contributed by atoms with Crippen molar-refractivity contribution < 1.29 is 9.53 Å². The molecule has 0 unspecified atom stereocenters. The number of nitrogens with zero attached hydrogens (tertiary/aromatic N) is 5. The fourth-order valence-electron chi connectivity index (χ4n) is 4.02. The molecule has 4 heterocycles. The molecule has 2 aromatic heterocycles. The Morgan fingerprint density at radius 2 is 1.78 bits per heavy atom. The lowest BCUT2D eigenvalue weighted by molar-refractivity contribution is -0.139. The predicted molar refractivity (Wildman–Crippen MR) is 102 cm³/mol. The van der Waals surface area contributed by atoms with Crippen molar-refractivity contribution >= 4 is 11.6 Å². The summed E-state index contributed by atoms with van der Waals surface area (Å²) in [6.45, 7) is 9.47. The fourth-order valence-corrected chi connectivity index (χ4v) is 4.02. The van der Waals surface area contributed by atoms with E-state index >= 15 is 0 Å². The van der Waals surface area contributed by atoms with Gasteiger partial charge in [-0.3, -0.25) is 4.79 Å². The normalized spacial score (nSPS) is 20.3. The Bertz CT molecular complexity index is 811. The number of hydrogen-bond donors (Lipinski definition) is 0. The van der Waals surface area contributed by atoms with Crippen LogP contribution in [0.4, 0.5) is 0 Å². The van der Waals surface area contributed by atoms with Crippen molar-refractivity contribution in [3.05, 3.63) is 23.7 Å². The highest BCUT2D eigenvalue weighted by Crippen LogP contribution is 2.29. The Kier molecular flexibility index (Phi) is 4.88. The average molecular weight is 371 g/mol. The third-order valence-electron chi connectivity index (χ3n) is 5.80. The van der Waals surface area contributed by atoms with Crippen LogP contribution in [0.25, 0.3) is 5.65 Å². The molecule has 0 bridgehead atoms. The van der Waals surface area contributed by atoms with Crippen LogP contribution >= 0.6 is 0 Å². The smallest absolute Gasteiger partial charge is 0.225 e. The van der Waals surface area contributed by atoms with Crippen LogP contribution in [0, 0.1) is 5.92 Å². The summed E-state index contributed by atoms with van der Waals surface area (Å²) in [5, 5.41) is 13.5. The molecule has 0 spiro atoms. The standard InChI is InChI=1S/C20H29N5O2/c1-20(2,3)16-4-5-17-21-22-18(25(17)23-16)14-6-10-24(11-7-14)19(26)15-8-12-27-13-9-15/h4-5,14-15H,6-13H2,1-3H3. The van der Waals surface area contributed by atoms with Crippen LogP contribution in [0.15, 0.2) is 12.1 Å². The summed E-state index contributed by atoms with van der Waals surface area (Å²) in [4.78, 5) is 14.8. The Labute approximate surface area is 160 Å². The molecule has 0 atom stereocenters. The van der Waals surface area contributed by atoms with E-state index in [4.69, 9.17) is 9.84 Å². The molecule has 0 radical (unpaired) electrons. The molecule has 0 aliphatic carbocycles. The van der Waals surface area contributed by atoms with Gasteiger partial charge in [-0.2, -0.15) is 9.61 Å². The SMILES string of the molecule is CC(C)(C)c1ccc2nnc(C3CCN(C(=O)C4CCOCC4)CC3)n2n1. The van der Waals surface area contributed by atoms with E-state index in [2.05, 4.69) is 31.0 Å². The molecule has 2 aliphatic heterocycles. The van der Waals surface area contributed by atoms with Crippen LogP contribution in [-0.2, 0) is 14.9 Å². The molecule has 1 amide bonds. The molecule has 2 saturated heterocycles. The van der Waals surface area contributed by atoms with E-state index in [0.29, 0.717) is 25.0 Å². The zero-order chi connectivity index (χ0) is 19.0. The molecule has 2 aliphatic rings. The first kappa shape index (κ1) is 18.3. The maximum absolute atomic E-state index is 12.7. The highest BCUT2D eigenvalue weighted by atomic mass is 16.5. The number of rotatable bonds is 2. The molecule has 2 fully saturated rings. The first-order valence-corrected chi connectivity index (χ1v) is 10.0. The summed E-state index contributed by atoms with van der Waals surface area (Å²) in [5.41, 5.74) is 1.80. The molecule has 0 saturated carbocycles. The highest BCUT2D eigenvalue weighted by molar-refractivity contribution is 5.79. The summed E-state index contributed by atoms with van der Waals surface area (Å²) in [6, 6.07) is 4.02. The maximum atomic E-state index is 12.7. The van der Waals surface area contributed by atoms with Crippen molar-refractivity contribution in [1.29, 1.82) is 0 Å². The van der Waals surface area contributed by atoms with Gasteiger partial charge in [0.2, 0.25) is 5.91 Å². The molecule has 27 heavy (non-hydrogen) atoms. The Morgan fingerprint density at radius 1 is 1.07 bits per heavy atom. The molecular formula is C20H29N5O2. The van der Waals surface area contributed by atoms with E-state index in [1.54, 1.807) is 0 Å². The second-order valence-electron chi connectivity index (χ2n) is 8.78. The van der Waals surface area contributed by atoms with Gasteiger partial charge < -0.3 is 9.64 Å². The first-order valence-electron chi connectivity index (χ1n) is 10.0. The zero-order valence-corrected chi connectivity index (χ0v) is 16.5. The molecule has 7 heteroatoms. The van der Waals surface area contributed by atoms with E-state index in [1.165, 1.54) is 0 Å². The number of likely N-dealkylation sites (tertiary alicyclic amines) is 1. The van der Waals surface area contributed by atoms with Crippen LogP contribution < -0.4 is 0 Å². The van der Waals surface area contributed by atoms with E-state index < -0.39 is 0 Å². The molecule has 146 valence electrons. The van der Waals surface area contributed by atoms with Crippen molar-refractivity contribution in [1.82, 2.24) is 24.7 Å². The molecule has 2 aromatic rings. The van der Waals surface area contributed by atoms with E-state index in [-0.39, 0.29) is 11.3 Å². The lowest BCUT2D eigenvalue weighted by Gasteiger charge is -2.34. The quantitative estimate of drug-likeness (QED) is 0.811. The third kappa shape index (κ3) is 3.70. The fraction of sp³-hybridized carbons (Fsp3) is 0.700. The van der Waals surface area contributed by atoms with Gasteiger partial charge in [0.25, 0.3) is 0 Å². The van der Waals surface area contributed by atoms with Gasteiger partial charge in [-0.15, -0.1) is 10.2 Å². The van der Waals surface area contributed by atoms with Crippen molar-refractivity contribution in [3.63, 3.8) is 0 Å². The molecule has 4 rings (SSSR count). The maximum Gasteiger partial charge on any atom is 0.225 e. The molecular weight excluding hydrogens is 342 g/mol. The van der Waals surface area contributed by atoms with E-state index in [1.807, 2.05) is 21.5 Å². The average Bonchev–Trinajstić information content (AvgIpc) is 3.11. The number of carbonyl (C=O) groups excluding carboxylic acids is 1. The van der Waals surface area contributed by atoms with Gasteiger partial charge >= 0.3 is 0 Å². The van der Waals surface area contributed by atoms with E-state index in [0.717, 1.165) is 55.9 Å². The molecule has 0 N–H and O–H groups in total. The molecule has 0 aromatic carbocycles. The summed E-state index contributed by atoms with van der Waals surface area (Å²) in [5.74, 6) is 1.66. The largest absolute Gasteiger partial charge is 0.381 e. The number of fused-ring (bicyclic) bond motifs is 1. The first-order chi connectivity index (χ1) is 12.9. The second-order valence-corrected chi connectivity index (χ2v) is 8.78. The van der Waals surface area contributed by atoms with Crippen LogP contribution in [0.5, 0.6) is 0 Å². The minimum Gasteiger partial charge on any atom is -0.381 e. The number of ether oxygens (including phenoxy) is 1. The number of aromatic nitrogens is 4. The monoisotopic (exact) mass is 371 g/mol. The number of carbonyl (C=O) groups is 1. The van der Waals surface area contributed by atoms with Crippen molar-refractivity contribution in [3.8, 4) is 0 Å². The van der Waals surface area contributed by atoms with Crippen molar-refractivity contribution in [2.45, 2.75) is 57.8 Å². The third-order valence-corrected chi connectivity index (χ3v) is 5.80. The predicted octanol–water partition coefficient (Wildman–Crippen LogP) is 2.55. The van der Waals surface area contributed by atoms with Crippen LogP contribution in [-0.4, -0.2) is 56.9 Å². The number of piperidine rings is 1. The Balaban J connectivity index is 1.47. The number of amides is 1. The van der Waals surface area contributed by atoms with Crippen LogP contribution in [0.1, 0.15) is 63.9 Å². The lowest BCUT2D eigenvalue weighted by Crippen LogP contribution is -2.43. The summed E-state index contributed by atoms with van der Waals surface area (Å²) >= 11 is 0. The Hall–Kier alpha value is -2.02. The summed E-state index contributed by atoms with van der Waals surface area (Å²) in [7, 11) is 0. The van der Waals surface area contributed by atoms with Gasteiger partial charge in [-0.05, 0) is 37.8 Å². The minimum absolute atomic E-state index is 0.0186. The second kappa shape index (κ2) is 7.19. The van der Waals surface area contributed by atoms with Gasteiger partial charge in [0.05, 0.1) is 5.69 Å². The summed E-state index contributed by atoms with van der Waals surface area (Å²) in [6.07, 6.45) is 3.54. The van der Waals surface area contributed by atoms with Gasteiger partial charge in [0, 0.05) is 43.6 Å². The van der Waals surface area contributed by atoms with Crippen LogP contribution in [0.2, 0.25) is 0 Å². The topological polar surface area (TPSA) is 72.6 Å². The van der Waals surface area contributed by atoms with Crippen molar-refractivity contribution in [2.24, 2.45) is 5.92 Å². The molecule has 7 nitrogen and oxygen atoms in total. The van der Waals surface area contributed by atoms with E-state index in [9.17, 15) is 4.79 Å².